The summed E-state index contributed by atoms with van der Waals surface area (Å²) in [6, 6.07) is 4.75. The number of phenols is 1. The van der Waals surface area contributed by atoms with Crippen LogP contribution in [0.3, 0.4) is 0 Å². The molecular formula is C15H18N4O4. The van der Waals surface area contributed by atoms with Crippen molar-refractivity contribution in [1.29, 1.82) is 0 Å². The highest BCUT2D eigenvalue weighted by Crippen LogP contribution is 2.26. The number of aromatic hydroxyl groups is 1. The van der Waals surface area contributed by atoms with Gasteiger partial charge >= 0.3 is 0 Å². The highest BCUT2D eigenvalue weighted by atomic mass is 16.5. The number of ether oxygens (including phenoxy) is 1. The van der Waals surface area contributed by atoms with Gasteiger partial charge in [-0.2, -0.15) is 10.2 Å². The molecule has 0 saturated heterocycles. The fraction of sp³-hybridized carbons (Fsp3) is 0.333. The lowest BCUT2D eigenvalue weighted by Crippen LogP contribution is -2.29. The summed E-state index contributed by atoms with van der Waals surface area (Å²) in [6.45, 7) is 3.40. The predicted octanol–water partition coefficient (Wildman–Crippen LogP) is 0.753. The smallest absolute Gasteiger partial charge is 0.249 e. The van der Waals surface area contributed by atoms with Crippen molar-refractivity contribution in [3.05, 3.63) is 23.8 Å². The van der Waals surface area contributed by atoms with Gasteiger partial charge in [0.2, 0.25) is 11.8 Å². The van der Waals surface area contributed by atoms with E-state index in [0.29, 0.717) is 22.7 Å². The zero-order chi connectivity index (χ0) is 17.0. The number of hydrogen-bond donors (Lipinski definition) is 3. The Hall–Kier alpha value is -2.90. The van der Waals surface area contributed by atoms with Crippen molar-refractivity contribution >= 4 is 23.2 Å². The van der Waals surface area contributed by atoms with Crippen LogP contribution in [-0.4, -0.2) is 35.5 Å². The molecule has 23 heavy (non-hydrogen) atoms. The zero-order valence-corrected chi connectivity index (χ0v) is 13.1. The first-order valence-electron chi connectivity index (χ1n) is 6.97. The number of methoxy groups -OCH3 is 1. The first-order chi connectivity index (χ1) is 10.9. The van der Waals surface area contributed by atoms with Gasteiger partial charge in [-0.3, -0.25) is 9.59 Å². The summed E-state index contributed by atoms with van der Waals surface area (Å²) in [5.41, 5.74) is 6.55. The molecular weight excluding hydrogens is 300 g/mol. The van der Waals surface area contributed by atoms with Gasteiger partial charge in [-0.25, -0.2) is 10.9 Å². The minimum atomic E-state index is -0.556. The van der Waals surface area contributed by atoms with Gasteiger partial charge in [-0.15, -0.1) is 0 Å². The molecule has 0 fully saturated rings. The van der Waals surface area contributed by atoms with Crippen LogP contribution in [0.15, 0.2) is 28.4 Å². The molecule has 1 aromatic rings. The molecule has 8 heteroatoms. The number of rotatable bonds is 5. The molecule has 1 heterocycles. The Bertz CT molecular complexity index is 697. The van der Waals surface area contributed by atoms with Crippen molar-refractivity contribution in [2.24, 2.45) is 16.1 Å². The second-order valence-corrected chi connectivity index (χ2v) is 5.10. The van der Waals surface area contributed by atoms with Crippen LogP contribution in [0.25, 0.3) is 0 Å². The van der Waals surface area contributed by atoms with Gasteiger partial charge in [0, 0.05) is 17.7 Å². The van der Waals surface area contributed by atoms with Gasteiger partial charge in [-0.1, -0.05) is 0 Å². The van der Waals surface area contributed by atoms with E-state index >= 15 is 0 Å². The molecule has 2 amide bonds. The highest BCUT2D eigenvalue weighted by molar-refractivity contribution is 6.09. The summed E-state index contributed by atoms with van der Waals surface area (Å²) >= 11 is 0. The average molecular weight is 318 g/mol. The van der Waals surface area contributed by atoms with E-state index in [4.69, 9.17) is 4.74 Å². The number of benzene rings is 1. The van der Waals surface area contributed by atoms with Crippen LogP contribution in [-0.2, 0) is 9.59 Å². The Morgan fingerprint density at radius 2 is 2.26 bits per heavy atom. The van der Waals surface area contributed by atoms with Crippen LogP contribution in [0, 0.1) is 5.92 Å². The summed E-state index contributed by atoms with van der Waals surface area (Å²) in [5, 5.41) is 17.3. The SMILES string of the molecule is COc1cc(/C(C)=N/NC(=O)CC2C(=O)NN=C2C)ccc1O. The van der Waals surface area contributed by atoms with Gasteiger partial charge in [0.1, 0.15) is 0 Å². The van der Waals surface area contributed by atoms with Crippen LogP contribution < -0.4 is 15.6 Å². The van der Waals surface area contributed by atoms with E-state index in [0.717, 1.165) is 0 Å². The molecule has 0 aliphatic carbocycles. The first kappa shape index (κ1) is 16.5. The lowest BCUT2D eigenvalue weighted by Gasteiger charge is -2.08. The molecule has 0 aromatic heterocycles. The number of nitrogens with one attached hydrogen (secondary N) is 2. The van der Waals surface area contributed by atoms with Crippen LogP contribution in [0.1, 0.15) is 25.8 Å². The van der Waals surface area contributed by atoms with Crippen molar-refractivity contribution in [3.63, 3.8) is 0 Å². The number of hydrazone groups is 2. The maximum Gasteiger partial charge on any atom is 0.249 e. The van der Waals surface area contributed by atoms with Gasteiger partial charge < -0.3 is 9.84 Å². The van der Waals surface area contributed by atoms with E-state index in [1.54, 1.807) is 26.0 Å². The molecule has 0 bridgehead atoms. The van der Waals surface area contributed by atoms with Crippen molar-refractivity contribution in [3.8, 4) is 11.5 Å². The maximum atomic E-state index is 11.9. The van der Waals surface area contributed by atoms with Crippen molar-refractivity contribution in [2.75, 3.05) is 7.11 Å². The Balaban J connectivity index is 2.00. The predicted molar refractivity (Wildman–Crippen MR) is 84.4 cm³/mol. The van der Waals surface area contributed by atoms with E-state index in [9.17, 15) is 14.7 Å². The number of amides is 2. The van der Waals surface area contributed by atoms with Gasteiger partial charge in [0.15, 0.2) is 11.5 Å². The maximum absolute atomic E-state index is 11.9. The molecule has 2 rings (SSSR count). The lowest BCUT2D eigenvalue weighted by atomic mass is 10.0. The number of hydrogen-bond acceptors (Lipinski definition) is 6. The van der Waals surface area contributed by atoms with Crippen LogP contribution >= 0.6 is 0 Å². The third kappa shape index (κ3) is 3.85. The van der Waals surface area contributed by atoms with E-state index in [1.165, 1.54) is 13.2 Å². The third-order valence-corrected chi connectivity index (χ3v) is 3.50. The summed E-state index contributed by atoms with van der Waals surface area (Å²) < 4.78 is 5.02. The zero-order valence-electron chi connectivity index (χ0n) is 13.1. The second-order valence-electron chi connectivity index (χ2n) is 5.10. The Morgan fingerprint density at radius 3 is 2.87 bits per heavy atom. The number of carbonyl (C=O) groups is 2. The topological polar surface area (TPSA) is 112 Å². The van der Waals surface area contributed by atoms with Gasteiger partial charge in [0.05, 0.1) is 18.7 Å². The molecule has 8 nitrogen and oxygen atoms in total. The largest absolute Gasteiger partial charge is 0.504 e. The molecule has 1 unspecified atom stereocenters. The molecule has 0 saturated carbocycles. The Kier molecular flexibility index (Phi) is 4.95. The van der Waals surface area contributed by atoms with E-state index in [1.807, 2.05) is 0 Å². The minimum absolute atomic E-state index is 0.0170. The quantitative estimate of drug-likeness (QED) is 0.549. The van der Waals surface area contributed by atoms with Crippen molar-refractivity contribution in [2.45, 2.75) is 20.3 Å². The second kappa shape index (κ2) is 6.91. The highest BCUT2D eigenvalue weighted by Gasteiger charge is 2.29. The normalized spacial score (nSPS) is 17.5. The monoisotopic (exact) mass is 318 g/mol. The molecule has 1 aliphatic heterocycles. The van der Waals surface area contributed by atoms with Crippen molar-refractivity contribution in [1.82, 2.24) is 10.9 Å². The number of nitrogens with zero attached hydrogens (tertiary/aromatic N) is 2. The Labute approximate surface area is 133 Å². The third-order valence-electron chi connectivity index (χ3n) is 3.50. The molecule has 122 valence electrons. The lowest BCUT2D eigenvalue weighted by molar-refractivity contribution is -0.127. The minimum Gasteiger partial charge on any atom is -0.504 e. The Morgan fingerprint density at radius 1 is 1.52 bits per heavy atom. The van der Waals surface area contributed by atoms with E-state index in [2.05, 4.69) is 21.1 Å². The molecule has 3 N–H and O–H groups in total. The number of carbonyl (C=O) groups excluding carboxylic acids is 2. The van der Waals surface area contributed by atoms with E-state index in [-0.39, 0.29) is 24.0 Å². The summed E-state index contributed by atoms with van der Waals surface area (Å²) in [7, 11) is 1.45. The van der Waals surface area contributed by atoms with E-state index < -0.39 is 5.92 Å². The first-order valence-corrected chi connectivity index (χ1v) is 6.97. The van der Waals surface area contributed by atoms with Crippen molar-refractivity contribution < 1.29 is 19.4 Å². The van der Waals surface area contributed by atoms with Crippen LogP contribution in [0.4, 0.5) is 0 Å². The van der Waals surface area contributed by atoms with Gasteiger partial charge in [-0.05, 0) is 32.0 Å². The fourth-order valence-corrected chi connectivity index (χ4v) is 2.07. The average Bonchev–Trinajstić information content (AvgIpc) is 2.85. The standard InChI is InChI=1S/C15H18N4O4/c1-8(10-4-5-12(20)13(6-10)23-3)16-18-14(21)7-11-9(2)17-19-15(11)22/h4-6,11,20H,7H2,1-3H3,(H,18,21)(H,19,22)/b16-8+. The molecule has 1 aromatic carbocycles. The van der Waals surface area contributed by atoms with Gasteiger partial charge in [0.25, 0.3) is 0 Å². The van der Waals surface area contributed by atoms with Crippen LogP contribution in [0.5, 0.6) is 11.5 Å². The fourth-order valence-electron chi connectivity index (χ4n) is 2.07. The molecule has 1 atom stereocenters. The van der Waals surface area contributed by atoms with Crippen LogP contribution in [0.2, 0.25) is 0 Å². The molecule has 0 radical (unpaired) electrons. The summed E-state index contributed by atoms with van der Waals surface area (Å²) in [6.07, 6.45) is -0.0170. The number of phenolic OH excluding ortho intramolecular Hbond substituents is 1. The summed E-state index contributed by atoms with van der Waals surface area (Å²) in [4.78, 5) is 23.4. The summed E-state index contributed by atoms with van der Waals surface area (Å²) in [5.74, 6) is -0.888. The molecule has 0 spiro atoms. The molecule has 1 aliphatic rings.